The smallest absolute Gasteiger partial charge is 0.234 e. The van der Waals surface area contributed by atoms with E-state index in [0.717, 1.165) is 40.9 Å². The maximum Gasteiger partial charge on any atom is 0.234 e. The average Bonchev–Trinajstić information content (AvgIpc) is 3.13. The van der Waals surface area contributed by atoms with Crippen molar-refractivity contribution in [1.82, 2.24) is 4.98 Å². The lowest BCUT2D eigenvalue weighted by molar-refractivity contribution is -0.120. The Morgan fingerprint density at radius 1 is 1.18 bits per heavy atom. The van der Waals surface area contributed by atoms with Crippen LogP contribution in [-0.2, 0) is 14.9 Å². The van der Waals surface area contributed by atoms with Crippen LogP contribution in [0.25, 0.3) is 10.9 Å². The van der Waals surface area contributed by atoms with Crippen LogP contribution in [0.2, 0.25) is 5.02 Å². The molecule has 0 saturated carbocycles. The molecule has 1 amide bonds. The van der Waals surface area contributed by atoms with E-state index in [1.165, 1.54) is 0 Å². The Labute approximate surface area is 169 Å². The molecule has 4 rings (SSSR count). The average molecular weight is 398 g/mol. The summed E-state index contributed by atoms with van der Waals surface area (Å²) < 4.78 is 5.45. The van der Waals surface area contributed by atoms with Crippen molar-refractivity contribution < 1.29 is 9.53 Å². The van der Waals surface area contributed by atoms with E-state index in [1.807, 2.05) is 62.5 Å². The highest BCUT2D eigenvalue weighted by Gasteiger charge is 2.33. The zero-order valence-electron chi connectivity index (χ0n) is 16.1. The number of anilines is 2. The molecule has 3 aromatic rings. The molecule has 2 N–H and O–H groups in total. The van der Waals surface area contributed by atoms with E-state index in [2.05, 4.69) is 15.2 Å². The summed E-state index contributed by atoms with van der Waals surface area (Å²) in [4.78, 5) is 18.8. The molecule has 1 fully saturated rings. The van der Waals surface area contributed by atoms with Crippen molar-refractivity contribution in [3.05, 3.63) is 59.2 Å². The lowest BCUT2D eigenvalue weighted by atomic mass is 9.83. The molecule has 1 aromatic heterocycles. The van der Waals surface area contributed by atoms with Gasteiger partial charge in [-0.1, -0.05) is 23.7 Å². The van der Waals surface area contributed by atoms with Crippen LogP contribution in [0.4, 0.5) is 11.4 Å². The Bertz CT molecular complexity index is 1010. The number of fused-ring (bicyclic) bond motifs is 1. The first kappa shape index (κ1) is 18.8. The van der Waals surface area contributed by atoms with Gasteiger partial charge >= 0.3 is 0 Å². The van der Waals surface area contributed by atoms with Gasteiger partial charge in [-0.3, -0.25) is 4.79 Å². The van der Waals surface area contributed by atoms with Crippen molar-refractivity contribution in [2.24, 2.45) is 0 Å². The van der Waals surface area contributed by atoms with Gasteiger partial charge in [-0.25, -0.2) is 0 Å². The second-order valence-corrected chi connectivity index (χ2v) is 8.02. The molecule has 28 heavy (non-hydrogen) atoms. The molecule has 5 nitrogen and oxygen atoms in total. The molecule has 0 unspecified atom stereocenters. The number of halogens is 1. The minimum absolute atomic E-state index is 0.0610. The number of H-pyrrole nitrogens is 1. The third kappa shape index (κ3) is 3.48. The third-order valence-corrected chi connectivity index (χ3v) is 5.62. The van der Waals surface area contributed by atoms with Crippen molar-refractivity contribution >= 4 is 39.8 Å². The Morgan fingerprint density at radius 3 is 2.71 bits per heavy atom. The van der Waals surface area contributed by atoms with E-state index < -0.39 is 5.41 Å². The van der Waals surface area contributed by atoms with Gasteiger partial charge < -0.3 is 19.9 Å². The molecule has 0 spiro atoms. The van der Waals surface area contributed by atoms with Crippen LogP contribution in [0.1, 0.15) is 19.4 Å². The minimum atomic E-state index is -0.735. The van der Waals surface area contributed by atoms with Gasteiger partial charge in [0.1, 0.15) is 0 Å². The summed E-state index contributed by atoms with van der Waals surface area (Å²) >= 11 is 6.18. The molecule has 0 radical (unpaired) electrons. The molecular formula is C22H24ClN3O2. The van der Waals surface area contributed by atoms with Crippen LogP contribution < -0.4 is 10.2 Å². The number of carbonyl (C=O) groups excluding carboxylic acids is 1. The molecule has 0 atom stereocenters. The SMILES string of the molecule is CC(C)(C(=O)Nc1ccccc1N1CCOCC1)c1c[nH]c2ccc(Cl)cc12. The number of aromatic nitrogens is 1. The van der Waals surface area contributed by atoms with Gasteiger partial charge in [0.2, 0.25) is 5.91 Å². The Morgan fingerprint density at radius 2 is 1.93 bits per heavy atom. The number of carbonyl (C=O) groups is 1. The second kappa shape index (κ2) is 7.49. The van der Waals surface area contributed by atoms with Crippen LogP contribution in [0, 0.1) is 0 Å². The number of ether oxygens (including phenoxy) is 1. The third-order valence-electron chi connectivity index (χ3n) is 5.39. The highest BCUT2D eigenvalue weighted by Crippen LogP contribution is 2.34. The Kier molecular flexibility index (Phi) is 5.04. The molecule has 0 bridgehead atoms. The highest BCUT2D eigenvalue weighted by atomic mass is 35.5. The minimum Gasteiger partial charge on any atom is -0.378 e. The molecule has 6 heteroatoms. The summed E-state index contributed by atoms with van der Waals surface area (Å²) in [6, 6.07) is 13.6. The first-order valence-electron chi connectivity index (χ1n) is 9.47. The fourth-order valence-corrected chi connectivity index (χ4v) is 3.84. The highest BCUT2D eigenvalue weighted by molar-refractivity contribution is 6.31. The standard InChI is InChI=1S/C22H24ClN3O2/c1-22(2,17-14-24-18-8-7-15(23)13-16(17)18)21(27)25-19-5-3-4-6-20(19)26-9-11-28-12-10-26/h3-8,13-14,24H,9-12H2,1-2H3,(H,25,27). The van der Waals surface area contributed by atoms with Gasteiger partial charge in [0.05, 0.1) is 30.0 Å². The summed E-state index contributed by atoms with van der Waals surface area (Å²) in [5.74, 6) is -0.0610. The summed E-state index contributed by atoms with van der Waals surface area (Å²) in [6.07, 6.45) is 1.90. The number of benzene rings is 2. The number of nitrogens with zero attached hydrogens (tertiary/aromatic N) is 1. The monoisotopic (exact) mass is 397 g/mol. The largest absolute Gasteiger partial charge is 0.378 e. The van der Waals surface area contributed by atoms with Crippen molar-refractivity contribution in [3.8, 4) is 0 Å². The molecule has 1 saturated heterocycles. The zero-order valence-corrected chi connectivity index (χ0v) is 16.8. The van der Waals surface area contributed by atoms with Crippen LogP contribution in [-0.4, -0.2) is 37.2 Å². The summed E-state index contributed by atoms with van der Waals surface area (Å²) in [7, 11) is 0. The van der Waals surface area contributed by atoms with Gasteiger partial charge in [-0.15, -0.1) is 0 Å². The van der Waals surface area contributed by atoms with Gasteiger partial charge in [-0.2, -0.15) is 0 Å². The second-order valence-electron chi connectivity index (χ2n) is 7.59. The first-order chi connectivity index (χ1) is 13.5. The van der Waals surface area contributed by atoms with Gasteiger partial charge in [0.15, 0.2) is 0 Å². The van der Waals surface area contributed by atoms with E-state index in [0.29, 0.717) is 18.2 Å². The lowest BCUT2D eigenvalue weighted by Gasteiger charge is -2.31. The Hall–Kier alpha value is -2.50. The number of morpholine rings is 1. The maximum absolute atomic E-state index is 13.3. The van der Waals surface area contributed by atoms with Crippen molar-refractivity contribution in [2.45, 2.75) is 19.3 Å². The Balaban J connectivity index is 1.63. The van der Waals surface area contributed by atoms with E-state index in [4.69, 9.17) is 16.3 Å². The predicted molar refractivity (Wildman–Crippen MR) is 114 cm³/mol. The zero-order chi connectivity index (χ0) is 19.7. The van der Waals surface area contributed by atoms with Crippen molar-refractivity contribution in [2.75, 3.05) is 36.5 Å². The fourth-order valence-electron chi connectivity index (χ4n) is 3.67. The molecule has 1 aliphatic rings. The molecule has 2 aromatic carbocycles. The number of nitrogens with one attached hydrogen (secondary N) is 2. The van der Waals surface area contributed by atoms with Crippen molar-refractivity contribution in [1.29, 1.82) is 0 Å². The van der Waals surface area contributed by atoms with Crippen LogP contribution in [0.3, 0.4) is 0 Å². The molecular weight excluding hydrogens is 374 g/mol. The van der Waals surface area contributed by atoms with E-state index in [1.54, 1.807) is 0 Å². The molecule has 2 heterocycles. The van der Waals surface area contributed by atoms with E-state index >= 15 is 0 Å². The van der Waals surface area contributed by atoms with Crippen LogP contribution in [0.5, 0.6) is 0 Å². The van der Waals surface area contributed by atoms with Gasteiger partial charge in [0, 0.05) is 35.2 Å². The number of hydrogen-bond donors (Lipinski definition) is 2. The number of hydrogen-bond acceptors (Lipinski definition) is 3. The molecule has 0 aliphatic carbocycles. The van der Waals surface area contributed by atoms with E-state index in [9.17, 15) is 4.79 Å². The first-order valence-corrected chi connectivity index (χ1v) is 9.85. The van der Waals surface area contributed by atoms with Crippen LogP contribution in [0.15, 0.2) is 48.7 Å². The topological polar surface area (TPSA) is 57.4 Å². The van der Waals surface area contributed by atoms with Gasteiger partial charge in [0.25, 0.3) is 0 Å². The molecule has 146 valence electrons. The summed E-state index contributed by atoms with van der Waals surface area (Å²) in [6.45, 7) is 6.90. The number of para-hydroxylation sites is 2. The van der Waals surface area contributed by atoms with Crippen molar-refractivity contribution in [3.63, 3.8) is 0 Å². The predicted octanol–water partition coefficient (Wildman–Crippen LogP) is 4.57. The van der Waals surface area contributed by atoms with E-state index in [-0.39, 0.29) is 5.91 Å². The number of rotatable bonds is 4. The maximum atomic E-state index is 13.3. The summed E-state index contributed by atoms with van der Waals surface area (Å²) in [5, 5.41) is 4.77. The number of amides is 1. The summed E-state index contributed by atoms with van der Waals surface area (Å²) in [5.41, 5.74) is 3.00. The molecule has 1 aliphatic heterocycles. The van der Waals surface area contributed by atoms with Gasteiger partial charge in [-0.05, 0) is 49.7 Å². The normalized spacial score (nSPS) is 15.0. The lowest BCUT2D eigenvalue weighted by Crippen LogP contribution is -2.38. The quantitative estimate of drug-likeness (QED) is 0.677. The number of aromatic amines is 1. The van der Waals surface area contributed by atoms with Crippen LogP contribution >= 0.6 is 11.6 Å². The fraction of sp³-hybridized carbons (Fsp3) is 0.318.